The molecular formula is C10H19ClN2OS. The van der Waals surface area contributed by atoms with Crippen molar-refractivity contribution in [2.24, 2.45) is 5.92 Å². The predicted octanol–water partition coefficient (Wildman–Crippen LogP) is 0.982. The van der Waals surface area contributed by atoms with Gasteiger partial charge in [-0.3, -0.25) is 4.79 Å². The number of hydrogen-bond acceptors (Lipinski definition) is 3. The Hall–Kier alpha value is 0.0700. The molecule has 0 atom stereocenters. The van der Waals surface area contributed by atoms with Crippen LogP contribution in [0.1, 0.15) is 13.8 Å². The van der Waals surface area contributed by atoms with Gasteiger partial charge in [0.05, 0.1) is 5.92 Å². The van der Waals surface area contributed by atoms with Crippen LogP contribution >= 0.6 is 24.2 Å². The van der Waals surface area contributed by atoms with Crippen LogP contribution in [0.3, 0.4) is 0 Å². The van der Waals surface area contributed by atoms with Crippen LogP contribution in [0.4, 0.5) is 0 Å². The summed E-state index contributed by atoms with van der Waals surface area (Å²) in [4.78, 5) is 14.0. The molecule has 2 heterocycles. The fourth-order valence-corrected chi connectivity index (χ4v) is 3.04. The molecule has 1 amide bonds. The van der Waals surface area contributed by atoms with Crippen LogP contribution in [-0.2, 0) is 4.79 Å². The molecule has 0 spiro atoms. The van der Waals surface area contributed by atoms with E-state index < -0.39 is 0 Å². The van der Waals surface area contributed by atoms with E-state index >= 15 is 0 Å². The number of nitrogens with zero attached hydrogens (tertiary/aromatic N) is 1. The third-order valence-electron chi connectivity index (χ3n) is 2.87. The molecule has 0 aromatic rings. The average molecular weight is 251 g/mol. The highest BCUT2D eigenvalue weighted by molar-refractivity contribution is 8.00. The summed E-state index contributed by atoms with van der Waals surface area (Å²) in [6, 6.07) is 0. The van der Waals surface area contributed by atoms with Crippen molar-refractivity contribution in [3.05, 3.63) is 0 Å². The van der Waals surface area contributed by atoms with Gasteiger partial charge in [0.25, 0.3) is 0 Å². The SMILES string of the molecule is CC1(C)CN(C(=O)C2CNC2)CCS1.Cl. The van der Waals surface area contributed by atoms with Crippen LogP contribution in [0.2, 0.25) is 0 Å². The summed E-state index contributed by atoms with van der Waals surface area (Å²) in [6.45, 7) is 8.04. The van der Waals surface area contributed by atoms with Crippen LogP contribution in [0.25, 0.3) is 0 Å². The third kappa shape index (κ3) is 3.02. The number of hydrogen-bond donors (Lipinski definition) is 1. The predicted molar refractivity (Wildman–Crippen MR) is 66.7 cm³/mol. The van der Waals surface area contributed by atoms with Crippen LogP contribution < -0.4 is 5.32 Å². The van der Waals surface area contributed by atoms with E-state index in [-0.39, 0.29) is 23.1 Å². The fourth-order valence-electron chi connectivity index (χ4n) is 1.93. The Labute approximate surface area is 102 Å². The first-order valence-electron chi connectivity index (χ1n) is 5.22. The van der Waals surface area contributed by atoms with Gasteiger partial charge in [0.1, 0.15) is 0 Å². The van der Waals surface area contributed by atoms with Crippen molar-refractivity contribution < 1.29 is 4.79 Å². The highest BCUT2D eigenvalue weighted by Gasteiger charge is 2.34. The van der Waals surface area contributed by atoms with E-state index in [1.807, 2.05) is 16.7 Å². The molecule has 2 aliphatic rings. The van der Waals surface area contributed by atoms with E-state index in [0.29, 0.717) is 5.91 Å². The zero-order valence-corrected chi connectivity index (χ0v) is 10.9. The molecule has 0 aromatic carbocycles. The second kappa shape index (κ2) is 4.93. The summed E-state index contributed by atoms with van der Waals surface area (Å²) in [5, 5.41) is 3.15. The number of rotatable bonds is 1. The molecule has 2 fully saturated rings. The normalized spacial score (nSPS) is 25.3. The van der Waals surface area contributed by atoms with E-state index in [9.17, 15) is 4.79 Å². The molecule has 3 nitrogen and oxygen atoms in total. The maximum atomic E-state index is 11.9. The summed E-state index contributed by atoms with van der Waals surface area (Å²) in [5.74, 6) is 1.70. The number of nitrogens with one attached hydrogen (secondary N) is 1. The maximum Gasteiger partial charge on any atom is 0.228 e. The lowest BCUT2D eigenvalue weighted by molar-refractivity contribution is -0.137. The van der Waals surface area contributed by atoms with Gasteiger partial charge >= 0.3 is 0 Å². The minimum Gasteiger partial charge on any atom is -0.340 e. The van der Waals surface area contributed by atoms with Crippen molar-refractivity contribution >= 4 is 30.1 Å². The number of carbonyl (C=O) groups excluding carboxylic acids is 1. The molecule has 2 rings (SSSR count). The number of halogens is 1. The van der Waals surface area contributed by atoms with Gasteiger partial charge in [-0.05, 0) is 13.8 Å². The Bertz CT molecular complexity index is 244. The quantitative estimate of drug-likeness (QED) is 0.753. The topological polar surface area (TPSA) is 32.3 Å². The van der Waals surface area contributed by atoms with Crippen molar-refractivity contribution in [1.29, 1.82) is 0 Å². The van der Waals surface area contributed by atoms with Gasteiger partial charge in [0.2, 0.25) is 5.91 Å². The van der Waals surface area contributed by atoms with E-state index in [2.05, 4.69) is 19.2 Å². The second-order valence-corrected chi connectivity index (χ2v) is 6.53. The Kier molecular flexibility index (Phi) is 4.32. The number of amides is 1. The Morgan fingerprint density at radius 2 is 2.13 bits per heavy atom. The van der Waals surface area contributed by atoms with Gasteiger partial charge in [-0.15, -0.1) is 12.4 Å². The molecule has 1 N–H and O–H groups in total. The Balaban J connectivity index is 0.00000112. The molecule has 0 aliphatic carbocycles. The molecule has 15 heavy (non-hydrogen) atoms. The molecular weight excluding hydrogens is 232 g/mol. The zero-order chi connectivity index (χ0) is 10.2. The fraction of sp³-hybridized carbons (Fsp3) is 0.900. The minimum absolute atomic E-state index is 0. The molecule has 0 radical (unpaired) electrons. The summed E-state index contributed by atoms with van der Waals surface area (Å²) in [6.07, 6.45) is 0. The van der Waals surface area contributed by atoms with Crippen molar-refractivity contribution in [3.8, 4) is 0 Å². The van der Waals surface area contributed by atoms with Crippen LogP contribution in [0.5, 0.6) is 0 Å². The maximum absolute atomic E-state index is 11.9. The van der Waals surface area contributed by atoms with E-state index in [1.165, 1.54) is 0 Å². The largest absolute Gasteiger partial charge is 0.340 e. The Morgan fingerprint density at radius 3 is 2.60 bits per heavy atom. The summed E-state index contributed by atoms with van der Waals surface area (Å²) >= 11 is 1.97. The van der Waals surface area contributed by atoms with Gasteiger partial charge in [0.15, 0.2) is 0 Å². The minimum atomic E-state index is 0. The lowest BCUT2D eigenvalue weighted by Gasteiger charge is -2.40. The lowest BCUT2D eigenvalue weighted by Crippen LogP contribution is -2.55. The standard InChI is InChI=1S/C10H18N2OS.ClH/c1-10(2)7-12(3-4-14-10)9(13)8-5-11-6-8;/h8,11H,3-7H2,1-2H3;1H. The van der Waals surface area contributed by atoms with Gasteiger partial charge in [-0.2, -0.15) is 11.8 Å². The van der Waals surface area contributed by atoms with Crippen LogP contribution in [0, 0.1) is 5.92 Å². The average Bonchev–Trinajstić information content (AvgIpc) is 1.99. The van der Waals surface area contributed by atoms with Crippen LogP contribution in [0.15, 0.2) is 0 Å². The molecule has 2 aliphatic heterocycles. The second-order valence-electron chi connectivity index (χ2n) is 4.72. The summed E-state index contributed by atoms with van der Waals surface area (Å²) < 4.78 is 0.241. The number of thioether (sulfide) groups is 1. The first-order chi connectivity index (χ1) is 6.58. The lowest BCUT2D eigenvalue weighted by atomic mass is 10.0. The van der Waals surface area contributed by atoms with Gasteiger partial charge in [-0.25, -0.2) is 0 Å². The van der Waals surface area contributed by atoms with Crippen LogP contribution in [-0.4, -0.2) is 47.5 Å². The van der Waals surface area contributed by atoms with Crippen molar-refractivity contribution in [1.82, 2.24) is 10.2 Å². The van der Waals surface area contributed by atoms with Gasteiger partial charge in [0, 0.05) is 36.7 Å². The van der Waals surface area contributed by atoms with Gasteiger partial charge < -0.3 is 10.2 Å². The van der Waals surface area contributed by atoms with Crippen molar-refractivity contribution in [2.75, 3.05) is 31.9 Å². The first kappa shape index (κ1) is 13.1. The monoisotopic (exact) mass is 250 g/mol. The molecule has 2 saturated heterocycles. The van der Waals surface area contributed by atoms with E-state index in [1.54, 1.807) is 0 Å². The summed E-state index contributed by atoms with van der Waals surface area (Å²) in [7, 11) is 0. The van der Waals surface area contributed by atoms with E-state index in [0.717, 1.165) is 31.9 Å². The number of carbonyl (C=O) groups is 1. The molecule has 0 bridgehead atoms. The van der Waals surface area contributed by atoms with Crippen molar-refractivity contribution in [3.63, 3.8) is 0 Å². The van der Waals surface area contributed by atoms with Crippen molar-refractivity contribution in [2.45, 2.75) is 18.6 Å². The molecule has 0 aromatic heterocycles. The molecule has 0 saturated carbocycles. The smallest absolute Gasteiger partial charge is 0.228 e. The third-order valence-corrected chi connectivity index (χ3v) is 4.17. The van der Waals surface area contributed by atoms with Gasteiger partial charge in [-0.1, -0.05) is 0 Å². The highest BCUT2D eigenvalue weighted by atomic mass is 35.5. The first-order valence-corrected chi connectivity index (χ1v) is 6.20. The molecule has 5 heteroatoms. The molecule has 88 valence electrons. The zero-order valence-electron chi connectivity index (χ0n) is 9.28. The molecule has 0 unspecified atom stereocenters. The van der Waals surface area contributed by atoms with E-state index in [4.69, 9.17) is 0 Å². The highest BCUT2D eigenvalue weighted by Crippen LogP contribution is 2.30. The Morgan fingerprint density at radius 1 is 1.47 bits per heavy atom. The summed E-state index contributed by atoms with van der Waals surface area (Å²) in [5.41, 5.74) is 0.